The molecule has 33 heavy (non-hydrogen) atoms. The van der Waals surface area contributed by atoms with E-state index in [1.807, 2.05) is 0 Å². The van der Waals surface area contributed by atoms with Crippen molar-refractivity contribution in [3.05, 3.63) is 29.0 Å². The number of hydrogen-bond acceptors (Lipinski definition) is 5. The van der Waals surface area contributed by atoms with E-state index in [1.54, 1.807) is 0 Å². The van der Waals surface area contributed by atoms with Gasteiger partial charge in [-0.05, 0) is 69.9 Å². The summed E-state index contributed by atoms with van der Waals surface area (Å²) in [6.07, 6.45) is 4.80. The van der Waals surface area contributed by atoms with Crippen molar-refractivity contribution in [2.24, 2.45) is 23.7 Å². The van der Waals surface area contributed by atoms with Crippen LogP contribution >= 0.6 is 11.6 Å². The molecule has 2 aliphatic carbocycles. The molecular formula is C24H33ClFN3O4. The first kappa shape index (κ1) is 24.2. The number of nitrogens with one attached hydrogen (secondary N) is 3. The molecule has 0 bridgehead atoms. The average Bonchev–Trinajstić information content (AvgIpc) is 3.20. The Hall–Kier alpha value is -1.90. The molecule has 1 saturated heterocycles. The minimum Gasteiger partial charge on any atom is -0.484 e. The van der Waals surface area contributed by atoms with Gasteiger partial charge >= 0.3 is 0 Å². The van der Waals surface area contributed by atoms with Crippen LogP contribution in [0.25, 0.3) is 0 Å². The van der Waals surface area contributed by atoms with Crippen LogP contribution in [-0.2, 0) is 14.4 Å². The molecule has 2 amide bonds. The molecule has 7 nitrogen and oxygen atoms in total. The SMILES string of the molecule is CC1NOC(C)C1CCCNC(=O)[C@H]1CC(NC(=O)COc2ccc(Cl)c(F)c2)C2CCC21. The van der Waals surface area contributed by atoms with Gasteiger partial charge in [-0.25, -0.2) is 4.39 Å². The first-order valence-electron chi connectivity index (χ1n) is 11.9. The monoisotopic (exact) mass is 481 g/mol. The molecule has 0 radical (unpaired) electrons. The molecule has 1 heterocycles. The highest BCUT2D eigenvalue weighted by atomic mass is 35.5. The van der Waals surface area contributed by atoms with Gasteiger partial charge < -0.3 is 15.4 Å². The van der Waals surface area contributed by atoms with E-state index in [-0.39, 0.29) is 47.3 Å². The van der Waals surface area contributed by atoms with E-state index in [0.29, 0.717) is 36.8 Å². The maximum Gasteiger partial charge on any atom is 0.258 e. The fourth-order valence-electron chi connectivity index (χ4n) is 5.57. The van der Waals surface area contributed by atoms with Crippen LogP contribution in [0, 0.1) is 29.5 Å². The second-order valence-corrected chi connectivity index (χ2v) is 10.0. The van der Waals surface area contributed by atoms with Gasteiger partial charge in [0.25, 0.3) is 5.91 Å². The second kappa shape index (κ2) is 10.6. The van der Waals surface area contributed by atoms with Gasteiger partial charge in [-0.1, -0.05) is 11.6 Å². The molecule has 182 valence electrons. The van der Waals surface area contributed by atoms with Gasteiger partial charge in [-0.2, -0.15) is 5.48 Å². The Morgan fingerprint density at radius 1 is 1.27 bits per heavy atom. The predicted octanol–water partition coefficient (Wildman–Crippen LogP) is 3.21. The summed E-state index contributed by atoms with van der Waals surface area (Å²) in [4.78, 5) is 30.7. The van der Waals surface area contributed by atoms with Crippen LogP contribution in [0.3, 0.4) is 0 Å². The van der Waals surface area contributed by atoms with Crippen molar-refractivity contribution in [2.75, 3.05) is 13.2 Å². The molecule has 0 spiro atoms. The van der Waals surface area contributed by atoms with Crippen molar-refractivity contribution >= 4 is 23.4 Å². The van der Waals surface area contributed by atoms with E-state index >= 15 is 0 Å². The lowest BCUT2D eigenvalue weighted by Gasteiger charge is -2.36. The van der Waals surface area contributed by atoms with Crippen LogP contribution < -0.4 is 20.9 Å². The van der Waals surface area contributed by atoms with Gasteiger partial charge in [-0.3, -0.25) is 14.4 Å². The number of fused-ring (bicyclic) bond motifs is 1. The van der Waals surface area contributed by atoms with Crippen molar-refractivity contribution in [1.29, 1.82) is 0 Å². The smallest absolute Gasteiger partial charge is 0.258 e. The highest BCUT2D eigenvalue weighted by Gasteiger charge is 2.51. The van der Waals surface area contributed by atoms with Crippen molar-refractivity contribution in [3.63, 3.8) is 0 Å². The van der Waals surface area contributed by atoms with Crippen molar-refractivity contribution in [1.82, 2.24) is 16.1 Å². The minimum absolute atomic E-state index is 0.00628. The summed E-state index contributed by atoms with van der Waals surface area (Å²) in [5, 5.41) is 6.14. The zero-order chi connectivity index (χ0) is 23.5. The molecular weight excluding hydrogens is 449 g/mol. The number of hydroxylamine groups is 1. The number of carbonyl (C=O) groups is 2. The maximum atomic E-state index is 13.5. The van der Waals surface area contributed by atoms with E-state index in [2.05, 4.69) is 30.0 Å². The highest BCUT2D eigenvalue weighted by Crippen LogP contribution is 2.50. The second-order valence-electron chi connectivity index (χ2n) is 9.61. The Kier molecular flexibility index (Phi) is 7.76. The normalized spacial score (nSPS) is 32.7. The number of ether oxygens (including phenoxy) is 1. The third-order valence-corrected chi connectivity index (χ3v) is 7.87. The molecule has 9 heteroatoms. The van der Waals surface area contributed by atoms with Crippen LogP contribution in [0.15, 0.2) is 18.2 Å². The number of rotatable bonds is 9. The lowest BCUT2D eigenvalue weighted by molar-refractivity contribution is -0.127. The largest absolute Gasteiger partial charge is 0.484 e. The third kappa shape index (κ3) is 5.61. The summed E-state index contributed by atoms with van der Waals surface area (Å²) < 4.78 is 18.9. The van der Waals surface area contributed by atoms with Gasteiger partial charge in [0, 0.05) is 36.5 Å². The van der Waals surface area contributed by atoms with E-state index in [0.717, 1.165) is 31.7 Å². The summed E-state index contributed by atoms with van der Waals surface area (Å²) in [5.41, 5.74) is 3.02. The number of carbonyl (C=O) groups excluding carboxylic acids is 2. The number of amides is 2. The van der Waals surface area contributed by atoms with Gasteiger partial charge in [0.1, 0.15) is 11.6 Å². The molecule has 7 atom stereocenters. The topological polar surface area (TPSA) is 88.7 Å². The summed E-state index contributed by atoms with van der Waals surface area (Å²) in [5.74, 6) is 0.545. The van der Waals surface area contributed by atoms with E-state index < -0.39 is 5.82 Å². The van der Waals surface area contributed by atoms with Crippen molar-refractivity contribution in [3.8, 4) is 5.75 Å². The van der Waals surface area contributed by atoms with Gasteiger partial charge in [0.05, 0.1) is 11.1 Å². The molecule has 0 aromatic heterocycles. The highest BCUT2D eigenvalue weighted by molar-refractivity contribution is 6.30. The van der Waals surface area contributed by atoms with Gasteiger partial charge in [0.2, 0.25) is 5.91 Å². The number of benzene rings is 1. The zero-order valence-corrected chi connectivity index (χ0v) is 19.9. The molecule has 1 aromatic carbocycles. The number of hydrogen-bond donors (Lipinski definition) is 3. The van der Waals surface area contributed by atoms with Crippen molar-refractivity contribution < 1.29 is 23.6 Å². The molecule has 1 aromatic rings. The van der Waals surface area contributed by atoms with E-state index in [1.165, 1.54) is 12.1 Å². The molecule has 3 N–H and O–H groups in total. The van der Waals surface area contributed by atoms with Crippen LogP contribution in [0.5, 0.6) is 5.75 Å². The van der Waals surface area contributed by atoms with Crippen LogP contribution in [0.2, 0.25) is 5.02 Å². The fraction of sp³-hybridized carbons (Fsp3) is 0.667. The predicted molar refractivity (Wildman–Crippen MR) is 122 cm³/mol. The first-order valence-corrected chi connectivity index (χ1v) is 12.3. The molecule has 2 saturated carbocycles. The summed E-state index contributed by atoms with van der Waals surface area (Å²) >= 11 is 5.66. The Labute approximate surface area is 199 Å². The minimum atomic E-state index is -0.589. The Balaban J connectivity index is 1.19. The first-order chi connectivity index (χ1) is 15.8. The van der Waals surface area contributed by atoms with E-state index in [9.17, 15) is 14.0 Å². The zero-order valence-electron chi connectivity index (χ0n) is 19.1. The van der Waals surface area contributed by atoms with Crippen LogP contribution in [-0.4, -0.2) is 43.2 Å². The summed E-state index contributed by atoms with van der Waals surface area (Å²) in [6, 6.07) is 4.37. The molecule has 3 fully saturated rings. The van der Waals surface area contributed by atoms with E-state index in [4.69, 9.17) is 21.2 Å². The lowest BCUT2D eigenvalue weighted by atomic mass is 9.71. The molecule has 6 unspecified atom stereocenters. The lowest BCUT2D eigenvalue weighted by Crippen LogP contribution is -2.43. The van der Waals surface area contributed by atoms with Crippen LogP contribution in [0.1, 0.15) is 46.0 Å². The number of halogens is 2. The van der Waals surface area contributed by atoms with Gasteiger partial charge in [-0.15, -0.1) is 0 Å². The summed E-state index contributed by atoms with van der Waals surface area (Å²) in [6.45, 7) is 4.64. The van der Waals surface area contributed by atoms with Crippen molar-refractivity contribution in [2.45, 2.75) is 64.1 Å². The Morgan fingerprint density at radius 3 is 2.73 bits per heavy atom. The molecule has 1 aliphatic heterocycles. The molecule has 4 rings (SSSR count). The maximum absolute atomic E-state index is 13.5. The molecule has 3 aliphatic rings. The Bertz CT molecular complexity index is 862. The average molecular weight is 482 g/mol. The third-order valence-electron chi connectivity index (χ3n) is 7.57. The Morgan fingerprint density at radius 2 is 2.06 bits per heavy atom. The fourth-order valence-corrected chi connectivity index (χ4v) is 5.68. The quantitative estimate of drug-likeness (QED) is 0.471. The summed E-state index contributed by atoms with van der Waals surface area (Å²) in [7, 11) is 0. The van der Waals surface area contributed by atoms with Gasteiger partial charge in [0.15, 0.2) is 6.61 Å². The van der Waals surface area contributed by atoms with Crippen LogP contribution in [0.4, 0.5) is 4.39 Å². The standard InChI is InChI=1S/C24H33ClFN3O4/c1-13-16(14(2)33-29-13)4-3-9-27-24(31)19-11-22(18-7-6-17(18)19)28-23(30)12-32-15-5-8-20(25)21(26)10-15/h5,8,10,13-14,16-19,22,29H,3-4,6-7,9,11-12H2,1-2H3,(H,27,31)(H,28,30)/t13?,14?,16?,17?,18?,19-,22?/m0/s1.